The number of pyridine rings is 1. The second-order valence-corrected chi connectivity index (χ2v) is 8.74. The number of rotatable bonds is 7. The Kier molecular flexibility index (Phi) is 5.16. The van der Waals surface area contributed by atoms with Crippen molar-refractivity contribution in [3.63, 3.8) is 0 Å². The van der Waals surface area contributed by atoms with Gasteiger partial charge >= 0.3 is 0 Å². The molecule has 3 aromatic rings. The lowest BCUT2D eigenvalue weighted by atomic mass is 9.88. The molecule has 8 heteroatoms. The molecule has 1 aliphatic carbocycles. The van der Waals surface area contributed by atoms with Crippen molar-refractivity contribution in [1.82, 2.24) is 19.6 Å². The van der Waals surface area contributed by atoms with Crippen LogP contribution in [-0.2, 0) is 6.42 Å². The number of alkyl halides is 2. The summed E-state index contributed by atoms with van der Waals surface area (Å²) in [6.45, 7) is 4.08. The fourth-order valence-corrected chi connectivity index (χ4v) is 4.34. The Morgan fingerprint density at radius 3 is 2.84 bits per heavy atom. The van der Waals surface area contributed by atoms with E-state index in [2.05, 4.69) is 38.4 Å². The molecule has 1 saturated carbocycles. The molecule has 1 unspecified atom stereocenters. The van der Waals surface area contributed by atoms with E-state index in [1.807, 2.05) is 36.1 Å². The summed E-state index contributed by atoms with van der Waals surface area (Å²) in [5, 5.41) is 7.99. The Hall–Kier alpha value is -2.90. The summed E-state index contributed by atoms with van der Waals surface area (Å²) in [6, 6.07) is 4.46. The van der Waals surface area contributed by atoms with E-state index < -0.39 is 6.43 Å². The maximum absolute atomic E-state index is 12.7. The number of hydrogen-bond donors (Lipinski definition) is 1. The quantitative estimate of drug-likeness (QED) is 0.558. The molecule has 31 heavy (non-hydrogen) atoms. The Labute approximate surface area is 179 Å². The van der Waals surface area contributed by atoms with Crippen LogP contribution in [0.25, 0.3) is 16.6 Å². The van der Waals surface area contributed by atoms with Crippen LogP contribution in [0, 0.1) is 11.8 Å². The number of halogens is 2. The van der Waals surface area contributed by atoms with Crippen LogP contribution in [-0.4, -0.2) is 37.8 Å². The highest BCUT2D eigenvalue weighted by Crippen LogP contribution is 2.35. The number of aliphatic imine (C=N–C) groups is 1. The minimum atomic E-state index is -2.28. The molecular formula is C23H26F2N6. The number of nitrogens with one attached hydrogen (secondary N) is 1. The van der Waals surface area contributed by atoms with E-state index in [1.54, 1.807) is 0 Å². The SMILES string of the molecule is CC1=Nc2ncc(-c3ccn4nc(N[C@@H](C)C5CC5)ncc34)cc2CC1CCC(F)F. The first kappa shape index (κ1) is 20.0. The summed E-state index contributed by atoms with van der Waals surface area (Å²) >= 11 is 0. The Morgan fingerprint density at radius 1 is 1.23 bits per heavy atom. The van der Waals surface area contributed by atoms with Crippen LogP contribution in [0.3, 0.4) is 0 Å². The average molecular weight is 424 g/mol. The van der Waals surface area contributed by atoms with Crippen molar-refractivity contribution >= 4 is 23.0 Å². The van der Waals surface area contributed by atoms with E-state index >= 15 is 0 Å². The Balaban J connectivity index is 1.40. The first-order valence-corrected chi connectivity index (χ1v) is 10.9. The molecule has 0 saturated heterocycles. The van der Waals surface area contributed by atoms with Gasteiger partial charge in [0.05, 0.1) is 11.7 Å². The molecule has 0 radical (unpaired) electrons. The molecule has 3 aromatic heterocycles. The van der Waals surface area contributed by atoms with Crippen LogP contribution in [0.15, 0.2) is 35.7 Å². The standard InChI is InChI=1S/C23H26F2N6/c1-13(15-3-4-15)29-23-27-12-20-19(7-8-31(20)30-23)18-10-17-9-16(5-6-21(24)25)14(2)28-22(17)26-11-18/h7-8,10-13,15-16,21H,3-6,9H2,1-2H3,(H,29,30)/t13-,16?/m0/s1. The molecule has 1 aliphatic heterocycles. The van der Waals surface area contributed by atoms with Gasteiger partial charge in [0.2, 0.25) is 12.4 Å². The number of hydrogen-bond acceptors (Lipinski definition) is 5. The van der Waals surface area contributed by atoms with E-state index in [4.69, 9.17) is 0 Å². The van der Waals surface area contributed by atoms with Crippen LogP contribution < -0.4 is 5.32 Å². The number of anilines is 1. The van der Waals surface area contributed by atoms with Crippen molar-refractivity contribution in [2.24, 2.45) is 16.8 Å². The summed E-state index contributed by atoms with van der Waals surface area (Å²) in [6.07, 6.45) is 6.84. The van der Waals surface area contributed by atoms with E-state index in [0.717, 1.165) is 33.8 Å². The zero-order valence-electron chi connectivity index (χ0n) is 17.7. The van der Waals surface area contributed by atoms with Crippen LogP contribution in [0.2, 0.25) is 0 Å². The van der Waals surface area contributed by atoms with Gasteiger partial charge in [0.15, 0.2) is 5.82 Å². The minimum Gasteiger partial charge on any atom is -0.350 e. The second kappa shape index (κ2) is 7.98. The fourth-order valence-electron chi connectivity index (χ4n) is 4.34. The zero-order chi connectivity index (χ0) is 21.5. The monoisotopic (exact) mass is 424 g/mol. The molecule has 1 fully saturated rings. The molecule has 2 aliphatic rings. The molecule has 5 rings (SSSR count). The van der Waals surface area contributed by atoms with Gasteiger partial charge in [-0.3, -0.25) is 0 Å². The molecule has 0 bridgehead atoms. The number of fused-ring (bicyclic) bond motifs is 2. The lowest BCUT2D eigenvalue weighted by Gasteiger charge is -2.22. The van der Waals surface area contributed by atoms with E-state index in [9.17, 15) is 8.78 Å². The first-order chi connectivity index (χ1) is 15.0. The highest BCUT2D eigenvalue weighted by atomic mass is 19.3. The maximum atomic E-state index is 12.7. The van der Waals surface area contributed by atoms with E-state index in [-0.39, 0.29) is 12.3 Å². The summed E-state index contributed by atoms with van der Waals surface area (Å²) < 4.78 is 27.2. The predicted molar refractivity (Wildman–Crippen MR) is 117 cm³/mol. The van der Waals surface area contributed by atoms with Crippen LogP contribution in [0.5, 0.6) is 0 Å². The minimum absolute atomic E-state index is 0.0368. The fraction of sp³-hybridized carbons (Fsp3) is 0.478. The van der Waals surface area contributed by atoms with Gasteiger partial charge in [-0.1, -0.05) is 0 Å². The number of nitrogens with zero attached hydrogens (tertiary/aromatic N) is 5. The molecule has 0 spiro atoms. The van der Waals surface area contributed by atoms with Crippen molar-refractivity contribution < 1.29 is 8.78 Å². The van der Waals surface area contributed by atoms with Crippen LogP contribution in [0.4, 0.5) is 20.5 Å². The summed E-state index contributed by atoms with van der Waals surface area (Å²) in [5.74, 6) is 2.07. The third-order valence-electron chi connectivity index (χ3n) is 6.43. The van der Waals surface area contributed by atoms with Gasteiger partial charge in [-0.25, -0.2) is 28.3 Å². The molecule has 4 heterocycles. The third-order valence-corrected chi connectivity index (χ3v) is 6.43. The summed E-state index contributed by atoms with van der Waals surface area (Å²) in [4.78, 5) is 13.6. The number of aromatic nitrogens is 4. The second-order valence-electron chi connectivity index (χ2n) is 8.74. The highest BCUT2D eigenvalue weighted by molar-refractivity contribution is 5.89. The van der Waals surface area contributed by atoms with E-state index in [0.29, 0.717) is 30.6 Å². The van der Waals surface area contributed by atoms with Crippen molar-refractivity contribution in [2.75, 3.05) is 5.32 Å². The van der Waals surface area contributed by atoms with Crippen molar-refractivity contribution in [3.8, 4) is 11.1 Å². The molecule has 2 atom stereocenters. The third kappa shape index (κ3) is 4.16. The van der Waals surface area contributed by atoms with Crippen molar-refractivity contribution in [3.05, 3.63) is 36.3 Å². The van der Waals surface area contributed by atoms with Crippen molar-refractivity contribution in [2.45, 2.75) is 58.4 Å². The molecule has 1 N–H and O–H groups in total. The van der Waals surface area contributed by atoms with Gasteiger partial charge in [-0.15, -0.1) is 5.10 Å². The van der Waals surface area contributed by atoms with Gasteiger partial charge in [0, 0.05) is 47.6 Å². The van der Waals surface area contributed by atoms with Gasteiger partial charge in [0.25, 0.3) is 0 Å². The predicted octanol–water partition coefficient (Wildman–Crippen LogP) is 5.31. The van der Waals surface area contributed by atoms with Gasteiger partial charge in [0.1, 0.15) is 0 Å². The molecule has 0 amide bonds. The largest absolute Gasteiger partial charge is 0.350 e. The van der Waals surface area contributed by atoms with Gasteiger partial charge < -0.3 is 5.32 Å². The lowest BCUT2D eigenvalue weighted by Crippen LogP contribution is -2.19. The smallest absolute Gasteiger partial charge is 0.241 e. The first-order valence-electron chi connectivity index (χ1n) is 10.9. The molecular weight excluding hydrogens is 398 g/mol. The normalized spacial score (nSPS) is 19.4. The maximum Gasteiger partial charge on any atom is 0.241 e. The van der Waals surface area contributed by atoms with Gasteiger partial charge in [-0.05, 0) is 63.1 Å². The molecule has 162 valence electrons. The Morgan fingerprint density at radius 2 is 2.06 bits per heavy atom. The van der Waals surface area contributed by atoms with Crippen molar-refractivity contribution in [1.29, 1.82) is 0 Å². The summed E-state index contributed by atoms with van der Waals surface area (Å²) in [7, 11) is 0. The van der Waals surface area contributed by atoms with Crippen LogP contribution in [0.1, 0.15) is 45.1 Å². The van der Waals surface area contributed by atoms with Crippen LogP contribution >= 0.6 is 0 Å². The van der Waals surface area contributed by atoms with E-state index in [1.165, 1.54) is 12.8 Å². The average Bonchev–Trinajstić information content (AvgIpc) is 3.52. The Bertz CT molecular complexity index is 1130. The van der Waals surface area contributed by atoms with Gasteiger partial charge in [-0.2, -0.15) is 0 Å². The zero-order valence-corrected chi connectivity index (χ0v) is 17.7. The molecule has 6 nitrogen and oxygen atoms in total. The lowest BCUT2D eigenvalue weighted by molar-refractivity contribution is 0.131. The topological polar surface area (TPSA) is 67.5 Å². The summed E-state index contributed by atoms with van der Waals surface area (Å²) in [5.41, 5.74) is 4.73. The highest BCUT2D eigenvalue weighted by Gasteiger charge is 2.28. The molecule has 0 aromatic carbocycles.